The lowest BCUT2D eigenvalue weighted by Crippen LogP contribution is -2.26. The molecule has 28 heavy (non-hydrogen) atoms. The van der Waals surface area contributed by atoms with Crippen LogP contribution in [0.5, 0.6) is 0 Å². The van der Waals surface area contributed by atoms with Crippen LogP contribution in [0.1, 0.15) is 82.7 Å². The molecule has 0 spiro atoms. The number of anilines is 1. The summed E-state index contributed by atoms with van der Waals surface area (Å²) in [7, 11) is 0. The van der Waals surface area contributed by atoms with E-state index in [2.05, 4.69) is 40.2 Å². The van der Waals surface area contributed by atoms with Gasteiger partial charge in [0, 0.05) is 29.9 Å². The molecule has 0 unspecified atom stereocenters. The topological polar surface area (TPSA) is 75.0 Å². The van der Waals surface area contributed by atoms with Crippen molar-refractivity contribution in [2.24, 2.45) is 0 Å². The molecular formula is C22H35N5O. The number of nitrogens with zero attached hydrogens (tertiary/aromatic N) is 3. The predicted octanol–water partition coefficient (Wildman–Crippen LogP) is 3.97. The lowest BCUT2D eigenvalue weighted by molar-refractivity contribution is 0.111. The standard InChI is InChI=1S/C22H35N5O/c1-3-4-15(2)25-22-24-13-19-20(16-9-11-23-12-10-16)14-27(21(19)26-22)17-5-7-18(28)8-6-17/h13-18,23,28H,3-12H2,1-2H3,(H,24,25,26)/t15-,17?,18?/m0/s1. The van der Waals surface area contributed by atoms with E-state index in [1.165, 1.54) is 23.8 Å². The van der Waals surface area contributed by atoms with Gasteiger partial charge < -0.3 is 20.3 Å². The second kappa shape index (κ2) is 8.78. The van der Waals surface area contributed by atoms with Crippen molar-refractivity contribution < 1.29 is 5.11 Å². The Morgan fingerprint density at radius 3 is 2.68 bits per heavy atom. The zero-order chi connectivity index (χ0) is 19.5. The van der Waals surface area contributed by atoms with E-state index >= 15 is 0 Å². The number of piperidine rings is 1. The van der Waals surface area contributed by atoms with E-state index in [4.69, 9.17) is 4.98 Å². The van der Waals surface area contributed by atoms with Gasteiger partial charge in [-0.1, -0.05) is 13.3 Å². The molecular weight excluding hydrogens is 350 g/mol. The first-order chi connectivity index (χ1) is 13.7. The lowest BCUT2D eigenvalue weighted by atomic mass is 9.90. The molecule has 2 fully saturated rings. The van der Waals surface area contributed by atoms with Crippen molar-refractivity contribution in [3.8, 4) is 0 Å². The van der Waals surface area contributed by atoms with Crippen molar-refractivity contribution >= 4 is 17.0 Å². The number of fused-ring (bicyclic) bond motifs is 1. The van der Waals surface area contributed by atoms with Gasteiger partial charge in [-0.25, -0.2) is 4.98 Å². The van der Waals surface area contributed by atoms with Gasteiger partial charge in [-0.3, -0.25) is 0 Å². The van der Waals surface area contributed by atoms with Crippen LogP contribution in [0, 0.1) is 0 Å². The molecule has 2 aliphatic rings. The van der Waals surface area contributed by atoms with Gasteiger partial charge in [0.15, 0.2) is 0 Å². The number of nitrogens with one attached hydrogen (secondary N) is 2. The predicted molar refractivity (Wildman–Crippen MR) is 114 cm³/mol. The van der Waals surface area contributed by atoms with E-state index in [1.807, 2.05) is 6.20 Å². The monoisotopic (exact) mass is 385 g/mol. The van der Waals surface area contributed by atoms with Gasteiger partial charge in [-0.2, -0.15) is 4.98 Å². The normalized spacial score (nSPS) is 25.1. The Morgan fingerprint density at radius 2 is 1.96 bits per heavy atom. The Kier molecular flexibility index (Phi) is 6.16. The number of rotatable bonds is 6. The van der Waals surface area contributed by atoms with Crippen LogP contribution in [-0.4, -0.2) is 44.9 Å². The minimum absolute atomic E-state index is 0.135. The van der Waals surface area contributed by atoms with Gasteiger partial charge in [-0.05, 0) is 76.4 Å². The second-order valence-corrected chi connectivity index (χ2v) is 8.74. The van der Waals surface area contributed by atoms with Crippen molar-refractivity contribution in [3.63, 3.8) is 0 Å². The van der Waals surface area contributed by atoms with Crippen LogP contribution < -0.4 is 10.6 Å². The highest BCUT2D eigenvalue weighted by atomic mass is 16.3. The van der Waals surface area contributed by atoms with Gasteiger partial charge in [-0.15, -0.1) is 0 Å². The number of aliphatic hydroxyl groups excluding tert-OH is 1. The maximum absolute atomic E-state index is 9.94. The molecule has 1 atom stereocenters. The SMILES string of the molecule is CCC[C@H](C)Nc1ncc2c(C3CCNCC3)cn(C3CCC(O)CC3)c2n1. The average Bonchev–Trinajstić information content (AvgIpc) is 3.08. The van der Waals surface area contributed by atoms with Crippen LogP contribution in [0.4, 0.5) is 5.95 Å². The first kappa shape index (κ1) is 19.6. The Morgan fingerprint density at radius 1 is 1.21 bits per heavy atom. The molecule has 6 nitrogen and oxygen atoms in total. The average molecular weight is 386 g/mol. The molecule has 154 valence electrons. The van der Waals surface area contributed by atoms with E-state index in [0.717, 1.165) is 63.2 Å². The molecule has 0 amide bonds. The largest absolute Gasteiger partial charge is 0.393 e. The fraction of sp³-hybridized carbons (Fsp3) is 0.727. The van der Waals surface area contributed by atoms with E-state index in [-0.39, 0.29) is 6.10 Å². The Bertz CT molecular complexity index is 775. The van der Waals surface area contributed by atoms with E-state index in [0.29, 0.717) is 18.0 Å². The molecule has 0 bridgehead atoms. The second-order valence-electron chi connectivity index (χ2n) is 8.74. The molecule has 0 radical (unpaired) electrons. The van der Waals surface area contributed by atoms with Gasteiger partial charge in [0.2, 0.25) is 5.95 Å². The zero-order valence-corrected chi connectivity index (χ0v) is 17.3. The van der Waals surface area contributed by atoms with Crippen molar-refractivity contribution in [2.45, 2.75) is 89.3 Å². The molecule has 1 aliphatic heterocycles. The van der Waals surface area contributed by atoms with Crippen LogP contribution >= 0.6 is 0 Å². The fourth-order valence-corrected chi connectivity index (χ4v) is 4.92. The summed E-state index contributed by atoms with van der Waals surface area (Å²) in [5.74, 6) is 1.32. The third-order valence-electron chi connectivity index (χ3n) is 6.54. The van der Waals surface area contributed by atoms with Gasteiger partial charge in [0.25, 0.3) is 0 Å². The number of aromatic nitrogens is 3. The zero-order valence-electron chi connectivity index (χ0n) is 17.3. The fourth-order valence-electron chi connectivity index (χ4n) is 4.92. The molecule has 1 saturated heterocycles. The Labute approximate surface area is 168 Å². The molecule has 3 N–H and O–H groups in total. The minimum Gasteiger partial charge on any atom is -0.393 e. The highest BCUT2D eigenvalue weighted by molar-refractivity contribution is 5.81. The molecule has 2 aromatic heterocycles. The van der Waals surface area contributed by atoms with E-state index < -0.39 is 0 Å². The number of aliphatic hydroxyl groups is 1. The molecule has 6 heteroatoms. The summed E-state index contributed by atoms with van der Waals surface area (Å²) in [6.07, 6.45) is 12.7. The Hall–Kier alpha value is -1.66. The number of hydrogen-bond acceptors (Lipinski definition) is 5. The first-order valence-electron chi connectivity index (χ1n) is 11.2. The molecule has 4 rings (SSSR count). The summed E-state index contributed by atoms with van der Waals surface area (Å²) in [5, 5.41) is 18.1. The Balaban J connectivity index is 1.69. The van der Waals surface area contributed by atoms with Crippen LogP contribution in [-0.2, 0) is 0 Å². The summed E-state index contributed by atoms with van der Waals surface area (Å²) in [5.41, 5.74) is 2.48. The van der Waals surface area contributed by atoms with E-state index in [9.17, 15) is 5.11 Å². The minimum atomic E-state index is -0.135. The molecule has 2 aromatic rings. The van der Waals surface area contributed by atoms with Crippen LogP contribution in [0.25, 0.3) is 11.0 Å². The quantitative estimate of drug-likeness (QED) is 0.701. The van der Waals surface area contributed by atoms with Crippen molar-refractivity contribution in [3.05, 3.63) is 18.0 Å². The maximum atomic E-state index is 9.94. The third kappa shape index (κ3) is 4.18. The van der Waals surface area contributed by atoms with Crippen molar-refractivity contribution in [2.75, 3.05) is 18.4 Å². The lowest BCUT2D eigenvalue weighted by Gasteiger charge is -2.27. The van der Waals surface area contributed by atoms with Crippen LogP contribution in [0.15, 0.2) is 12.4 Å². The van der Waals surface area contributed by atoms with Gasteiger partial charge >= 0.3 is 0 Å². The molecule has 1 aliphatic carbocycles. The highest BCUT2D eigenvalue weighted by Gasteiger charge is 2.26. The van der Waals surface area contributed by atoms with Crippen LogP contribution in [0.3, 0.4) is 0 Å². The van der Waals surface area contributed by atoms with Crippen molar-refractivity contribution in [1.82, 2.24) is 19.9 Å². The summed E-state index contributed by atoms with van der Waals surface area (Å²) in [6, 6.07) is 0.803. The first-order valence-corrected chi connectivity index (χ1v) is 11.2. The highest BCUT2D eigenvalue weighted by Crippen LogP contribution is 2.37. The summed E-state index contributed by atoms with van der Waals surface area (Å²) >= 11 is 0. The third-order valence-corrected chi connectivity index (χ3v) is 6.54. The molecule has 3 heterocycles. The van der Waals surface area contributed by atoms with E-state index in [1.54, 1.807) is 0 Å². The maximum Gasteiger partial charge on any atom is 0.224 e. The number of hydrogen-bond donors (Lipinski definition) is 3. The van der Waals surface area contributed by atoms with Crippen molar-refractivity contribution in [1.29, 1.82) is 0 Å². The summed E-state index contributed by atoms with van der Waals surface area (Å²) < 4.78 is 2.40. The molecule has 0 aromatic carbocycles. The van der Waals surface area contributed by atoms with Gasteiger partial charge in [0.05, 0.1) is 6.10 Å². The summed E-state index contributed by atoms with van der Waals surface area (Å²) in [4.78, 5) is 9.63. The molecule has 1 saturated carbocycles. The van der Waals surface area contributed by atoms with Crippen LogP contribution in [0.2, 0.25) is 0 Å². The van der Waals surface area contributed by atoms with Gasteiger partial charge in [0.1, 0.15) is 5.65 Å². The summed E-state index contributed by atoms with van der Waals surface area (Å²) in [6.45, 7) is 6.57. The smallest absolute Gasteiger partial charge is 0.224 e.